The molecule has 206 valence electrons. The van der Waals surface area contributed by atoms with Gasteiger partial charge in [-0.15, -0.1) is 0 Å². The number of aromatic nitrogens is 1. The molecule has 6 rings (SSSR count). The van der Waals surface area contributed by atoms with Crippen LogP contribution >= 0.6 is 11.3 Å². The highest BCUT2D eigenvalue weighted by atomic mass is 32.1. The summed E-state index contributed by atoms with van der Waals surface area (Å²) in [5.74, 6) is -0.473. The van der Waals surface area contributed by atoms with E-state index in [-0.39, 0.29) is 33.9 Å². The molecule has 1 aromatic heterocycles. The molecule has 11 nitrogen and oxygen atoms in total. The van der Waals surface area contributed by atoms with Crippen molar-refractivity contribution in [3.63, 3.8) is 0 Å². The second kappa shape index (κ2) is 10.4. The molecular weight excluding hydrogens is 550 g/mol. The zero-order chi connectivity index (χ0) is 28.7. The van der Waals surface area contributed by atoms with Gasteiger partial charge < -0.3 is 19.3 Å². The summed E-state index contributed by atoms with van der Waals surface area (Å²) in [5, 5.41) is 24.0. The molecule has 1 atom stereocenters. The minimum atomic E-state index is -0.964. The van der Waals surface area contributed by atoms with Crippen LogP contribution in [0.2, 0.25) is 0 Å². The van der Waals surface area contributed by atoms with Crippen LogP contribution in [0.4, 0.5) is 5.69 Å². The van der Waals surface area contributed by atoms with Gasteiger partial charge in [0.25, 0.3) is 11.2 Å². The SMILES string of the molecule is CCOC(=O)C1=C(c2ccccc2)N=c2s/c(=C/c3cccc([N+](=O)[O-])c3[O-])c(=O)n2[C@@H]1c1ccc2c(c1)OCO2. The van der Waals surface area contributed by atoms with Crippen molar-refractivity contribution in [2.45, 2.75) is 13.0 Å². The molecule has 0 N–H and O–H groups in total. The third-order valence-corrected chi connectivity index (χ3v) is 7.58. The molecule has 2 aliphatic rings. The van der Waals surface area contributed by atoms with Gasteiger partial charge in [-0.25, -0.2) is 9.79 Å². The molecule has 0 spiro atoms. The molecule has 0 aliphatic carbocycles. The van der Waals surface area contributed by atoms with Gasteiger partial charge in [-0.3, -0.25) is 19.5 Å². The van der Waals surface area contributed by atoms with Crippen molar-refractivity contribution >= 4 is 34.8 Å². The molecule has 0 radical (unpaired) electrons. The average Bonchev–Trinajstić information content (AvgIpc) is 3.57. The van der Waals surface area contributed by atoms with Crippen LogP contribution in [0.15, 0.2) is 82.1 Å². The molecular formula is C29H20N3O8S-. The molecule has 2 aliphatic heterocycles. The van der Waals surface area contributed by atoms with Crippen molar-refractivity contribution in [2.24, 2.45) is 4.99 Å². The number of fused-ring (bicyclic) bond motifs is 2. The summed E-state index contributed by atoms with van der Waals surface area (Å²) in [6, 6.07) is 17.1. The van der Waals surface area contributed by atoms with Crippen LogP contribution in [0.1, 0.15) is 29.7 Å². The number of nitro groups is 1. The topological polar surface area (TPSA) is 145 Å². The van der Waals surface area contributed by atoms with Gasteiger partial charge in [0.05, 0.1) is 33.4 Å². The lowest BCUT2D eigenvalue weighted by Gasteiger charge is -2.26. The van der Waals surface area contributed by atoms with E-state index in [2.05, 4.69) is 0 Å². The fourth-order valence-corrected chi connectivity index (χ4v) is 5.77. The van der Waals surface area contributed by atoms with E-state index in [1.165, 1.54) is 22.8 Å². The summed E-state index contributed by atoms with van der Waals surface area (Å²) in [6.45, 7) is 1.82. The van der Waals surface area contributed by atoms with Crippen LogP contribution in [0.3, 0.4) is 0 Å². The number of benzene rings is 3. The van der Waals surface area contributed by atoms with Crippen LogP contribution in [-0.2, 0) is 9.53 Å². The van der Waals surface area contributed by atoms with Gasteiger partial charge in [0.2, 0.25) is 6.79 Å². The number of thiazole rings is 1. The molecule has 0 saturated heterocycles. The first kappa shape index (κ1) is 26.0. The van der Waals surface area contributed by atoms with Crippen LogP contribution in [0.25, 0.3) is 11.8 Å². The molecule has 3 heterocycles. The molecule has 0 bridgehead atoms. The molecule has 4 aromatic rings. The van der Waals surface area contributed by atoms with Crippen LogP contribution in [0.5, 0.6) is 17.2 Å². The number of para-hydroxylation sites is 1. The maximum atomic E-state index is 14.0. The molecule has 0 fully saturated rings. The molecule has 0 amide bonds. The summed E-state index contributed by atoms with van der Waals surface area (Å²) in [4.78, 5) is 43.0. The summed E-state index contributed by atoms with van der Waals surface area (Å²) >= 11 is 1.01. The van der Waals surface area contributed by atoms with Crippen molar-refractivity contribution < 1.29 is 29.0 Å². The van der Waals surface area contributed by atoms with E-state index in [0.29, 0.717) is 28.3 Å². The smallest absolute Gasteiger partial charge is 0.338 e. The van der Waals surface area contributed by atoms with Crippen LogP contribution in [-0.4, -0.2) is 28.9 Å². The third-order valence-electron chi connectivity index (χ3n) is 6.59. The number of carbonyl (C=O) groups is 1. The Morgan fingerprint density at radius 2 is 1.93 bits per heavy atom. The summed E-state index contributed by atoms with van der Waals surface area (Å²) < 4.78 is 18.0. The maximum absolute atomic E-state index is 14.0. The van der Waals surface area contributed by atoms with Crippen molar-refractivity contribution in [3.05, 3.63) is 119 Å². The number of nitro benzene ring substituents is 1. The Labute approximate surface area is 235 Å². The van der Waals surface area contributed by atoms with Gasteiger partial charge in [-0.2, -0.15) is 0 Å². The monoisotopic (exact) mass is 570 g/mol. The first-order valence-electron chi connectivity index (χ1n) is 12.5. The summed E-state index contributed by atoms with van der Waals surface area (Å²) in [7, 11) is 0. The van der Waals surface area contributed by atoms with E-state index >= 15 is 0 Å². The van der Waals surface area contributed by atoms with Crippen molar-refractivity contribution in [2.75, 3.05) is 13.4 Å². The average molecular weight is 571 g/mol. The molecule has 3 aromatic carbocycles. The Morgan fingerprint density at radius 1 is 1.15 bits per heavy atom. The second-order valence-corrected chi connectivity index (χ2v) is 10.0. The largest absolute Gasteiger partial charge is 0.867 e. The van der Waals surface area contributed by atoms with Gasteiger partial charge in [-0.1, -0.05) is 59.9 Å². The zero-order valence-electron chi connectivity index (χ0n) is 21.4. The molecule has 0 unspecified atom stereocenters. The Kier molecular flexibility index (Phi) is 6.59. The van der Waals surface area contributed by atoms with Crippen molar-refractivity contribution in [1.82, 2.24) is 4.57 Å². The summed E-state index contributed by atoms with van der Waals surface area (Å²) in [5.41, 5.74) is 0.525. The van der Waals surface area contributed by atoms with E-state index in [0.717, 1.165) is 17.4 Å². The number of rotatable bonds is 6. The molecule has 12 heteroatoms. The Hall–Kier alpha value is -5.23. The number of hydrogen-bond donors (Lipinski definition) is 0. The van der Waals surface area contributed by atoms with E-state index in [4.69, 9.17) is 19.2 Å². The van der Waals surface area contributed by atoms with E-state index in [9.17, 15) is 24.8 Å². The second-order valence-electron chi connectivity index (χ2n) is 9.00. The highest BCUT2D eigenvalue weighted by molar-refractivity contribution is 7.07. The lowest BCUT2D eigenvalue weighted by molar-refractivity contribution is -0.398. The van der Waals surface area contributed by atoms with Crippen molar-refractivity contribution in [3.8, 4) is 17.2 Å². The number of carbonyl (C=O) groups excluding carboxylic acids is 1. The van der Waals surface area contributed by atoms with Gasteiger partial charge in [-0.05, 0) is 42.0 Å². The van der Waals surface area contributed by atoms with Crippen LogP contribution < -0.4 is 29.5 Å². The van der Waals surface area contributed by atoms with Gasteiger partial charge in [0.1, 0.15) is 0 Å². The van der Waals surface area contributed by atoms with Gasteiger partial charge >= 0.3 is 5.97 Å². The van der Waals surface area contributed by atoms with Crippen molar-refractivity contribution in [1.29, 1.82) is 0 Å². The third kappa shape index (κ3) is 4.53. The van der Waals surface area contributed by atoms with E-state index in [1.54, 1.807) is 37.3 Å². The minimum Gasteiger partial charge on any atom is -0.867 e. The fourth-order valence-electron chi connectivity index (χ4n) is 4.78. The predicted octanol–water partition coefficient (Wildman–Crippen LogP) is 2.65. The first-order valence-corrected chi connectivity index (χ1v) is 13.3. The lowest BCUT2D eigenvalue weighted by Crippen LogP contribution is -2.40. The quantitative estimate of drug-likeness (QED) is 0.195. The number of hydrogen-bond acceptors (Lipinski definition) is 10. The zero-order valence-corrected chi connectivity index (χ0v) is 22.3. The standard InChI is InChI=1S/C29H21N3O8S/c1-2-38-28(35)23-24(16-7-4-3-5-8-16)30-29-31(25(23)17-11-12-20-21(13-17)40-15-39-20)27(34)22(41-29)14-18-9-6-10-19(26(18)33)32(36)37/h3-14,25,33H,2,15H2,1H3/p-1/b22-14+/t25-/m1/s1. The lowest BCUT2D eigenvalue weighted by atomic mass is 9.93. The number of nitrogens with zero attached hydrogens (tertiary/aromatic N) is 3. The van der Waals surface area contributed by atoms with Gasteiger partial charge in [0.15, 0.2) is 16.3 Å². The number of ether oxygens (including phenoxy) is 3. The van der Waals surface area contributed by atoms with Crippen LogP contribution in [0, 0.1) is 10.1 Å². The predicted molar refractivity (Wildman–Crippen MR) is 146 cm³/mol. The van der Waals surface area contributed by atoms with Gasteiger partial charge in [0, 0.05) is 11.6 Å². The maximum Gasteiger partial charge on any atom is 0.338 e. The molecule has 0 saturated carbocycles. The number of esters is 1. The Bertz CT molecular complexity index is 1930. The highest BCUT2D eigenvalue weighted by Crippen LogP contribution is 2.40. The van der Waals surface area contributed by atoms with E-state index < -0.39 is 33.9 Å². The summed E-state index contributed by atoms with van der Waals surface area (Å²) in [6.07, 6.45) is 1.31. The normalized spacial score (nSPS) is 15.8. The van der Waals surface area contributed by atoms with E-state index in [1.807, 2.05) is 18.2 Å². The Balaban J connectivity index is 1.65. The highest BCUT2D eigenvalue weighted by Gasteiger charge is 2.36. The Morgan fingerprint density at radius 3 is 2.68 bits per heavy atom. The first-order chi connectivity index (χ1) is 19.9. The minimum absolute atomic E-state index is 0.0167. The molecule has 41 heavy (non-hydrogen) atoms. The fraction of sp³-hybridized carbons (Fsp3) is 0.138.